The summed E-state index contributed by atoms with van der Waals surface area (Å²) in [7, 11) is 1.69. The van der Waals surface area contributed by atoms with Crippen molar-refractivity contribution < 1.29 is 4.74 Å². The van der Waals surface area contributed by atoms with Crippen molar-refractivity contribution in [1.82, 2.24) is 0 Å². The van der Waals surface area contributed by atoms with E-state index >= 15 is 0 Å². The Labute approximate surface area is 60.2 Å². The van der Waals surface area contributed by atoms with Gasteiger partial charge in [0.2, 0.25) is 5.90 Å². The van der Waals surface area contributed by atoms with Gasteiger partial charge in [-0.1, -0.05) is 18.7 Å². The van der Waals surface area contributed by atoms with Crippen LogP contribution >= 0.6 is 0 Å². The van der Waals surface area contributed by atoms with Crippen molar-refractivity contribution >= 4 is 5.90 Å². The Hall–Kier alpha value is -1.31. The third-order valence-corrected chi connectivity index (χ3v) is 1.17. The van der Waals surface area contributed by atoms with E-state index in [1.807, 2.05) is 12.2 Å². The summed E-state index contributed by atoms with van der Waals surface area (Å²) in [5.74, 6) is 0.653. The fourth-order valence-corrected chi connectivity index (χ4v) is 0.747. The van der Waals surface area contributed by atoms with Gasteiger partial charge in [0.25, 0.3) is 0 Å². The number of hydrogen-bond donors (Lipinski definition) is 0. The van der Waals surface area contributed by atoms with Crippen LogP contribution in [0.3, 0.4) is 0 Å². The Morgan fingerprint density at radius 2 is 2.50 bits per heavy atom. The second-order valence-electron chi connectivity index (χ2n) is 1.81. The molecule has 0 N–H and O–H groups in total. The Bertz CT molecular complexity index is 223. The summed E-state index contributed by atoms with van der Waals surface area (Å²) in [6.07, 6.45) is 7.02. The van der Waals surface area contributed by atoms with Crippen molar-refractivity contribution in [2.24, 2.45) is 4.99 Å². The predicted octanol–water partition coefficient (Wildman–Crippen LogP) is 1.67. The highest BCUT2D eigenvalue weighted by atomic mass is 16.5. The zero-order valence-corrected chi connectivity index (χ0v) is 5.87. The van der Waals surface area contributed by atoms with E-state index in [1.54, 1.807) is 19.4 Å². The van der Waals surface area contributed by atoms with Gasteiger partial charge in [-0.2, -0.15) is 0 Å². The fourth-order valence-electron chi connectivity index (χ4n) is 0.747. The largest absolute Gasteiger partial charge is 0.446 e. The third kappa shape index (κ3) is 1.16. The highest BCUT2D eigenvalue weighted by Gasteiger charge is 2.07. The van der Waals surface area contributed by atoms with Gasteiger partial charge >= 0.3 is 0 Å². The number of hydrogen-bond acceptors (Lipinski definition) is 2. The summed E-state index contributed by atoms with van der Waals surface area (Å²) in [5.41, 5.74) is 0.970. The van der Waals surface area contributed by atoms with Gasteiger partial charge in [-0.05, 0) is 6.08 Å². The van der Waals surface area contributed by atoms with Crippen LogP contribution in [-0.4, -0.2) is 12.9 Å². The minimum atomic E-state index is 0.653. The van der Waals surface area contributed by atoms with Crippen molar-refractivity contribution in [2.75, 3.05) is 7.05 Å². The molecule has 2 heteroatoms. The van der Waals surface area contributed by atoms with E-state index in [2.05, 4.69) is 11.6 Å². The molecular weight excluding hydrogens is 126 g/mol. The Kier molecular flexibility index (Phi) is 2.05. The summed E-state index contributed by atoms with van der Waals surface area (Å²) in [6, 6.07) is 0. The summed E-state index contributed by atoms with van der Waals surface area (Å²) < 4.78 is 5.02. The topological polar surface area (TPSA) is 21.6 Å². The lowest BCUT2D eigenvalue weighted by atomic mass is 10.2. The van der Waals surface area contributed by atoms with Gasteiger partial charge in [-0.3, -0.25) is 4.99 Å². The molecule has 1 rings (SSSR count). The standard InChI is InChI=1S/C8H9NO/c1-3-4-7-5-6-10-8(7)9-2/h3-6H,1H2,2H3. The maximum atomic E-state index is 5.02. The second kappa shape index (κ2) is 3.01. The molecule has 2 nitrogen and oxygen atoms in total. The number of aliphatic imine (C=N–C) groups is 1. The normalized spacial score (nSPS) is 23.7. The Morgan fingerprint density at radius 1 is 1.70 bits per heavy atom. The molecule has 0 unspecified atom stereocenters. The molecule has 0 fully saturated rings. The first kappa shape index (κ1) is 6.81. The Balaban J connectivity index is 2.86. The molecule has 0 aliphatic carbocycles. The van der Waals surface area contributed by atoms with Crippen LogP contribution in [0.15, 0.2) is 41.6 Å². The molecule has 52 valence electrons. The summed E-state index contributed by atoms with van der Waals surface area (Å²) in [6.45, 7) is 3.57. The van der Waals surface area contributed by atoms with E-state index in [1.165, 1.54) is 0 Å². The molecule has 0 amide bonds. The summed E-state index contributed by atoms with van der Waals surface area (Å²) in [5, 5.41) is 0. The third-order valence-electron chi connectivity index (χ3n) is 1.17. The van der Waals surface area contributed by atoms with Crippen molar-refractivity contribution in [2.45, 2.75) is 0 Å². The fraction of sp³-hybridized carbons (Fsp3) is 0.125. The molecule has 1 aliphatic heterocycles. The molecule has 0 bridgehead atoms. The monoisotopic (exact) mass is 135 g/mol. The van der Waals surface area contributed by atoms with Crippen LogP contribution in [0.4, 0.5) is 0 Å². The minimum absolute atomic E-state index is 0.653. The molecule has 0 spiro atoms. The lowest BCUT2D eigenvalue weighted by Crippen LogP contribution is -1.95. The number of ether oxygens (including phenoxy) is 1. The van der Waals surface area contributed by atoms with E-state index < -0.39 is 0 Å². The van der Waals surface area contributed by atoms with Crippen molar-refractivity contribution in [3.05, 3.63) is 36.6 Å². The molecule has 0 aromatic rings. The van der Waals surface area contributed by atoms with Crippen molar-refractivity contribution in [3.63, 3.8) is 0 Å². The Morgan fingerprint density at radius 3 is 3.10 bits per heavy atom. The van der Waals surface area contributed by atoms with Crippen LogP contribution in [-0.2, 0) is 4.74 Å². The first-order chi connectivity index (χ1) is 4.88. The van der Waals surface area contributed by atoms with Gasteiger partial charge in [0.05, 0.1) is 6.26 Å². The van der Waals surface area contributed by atoms with Crippen LogP contribution in [0.2, 0.25) is 0 Å². The van der Waals surface area contributed by atoms with Crippen molar-refractivity contribution in [1.29, 1.82) is 0 Å². The molecule has 10 heavy (non-hydrogen) atoms. The molecule has 0 aromatic heterocycles. The summed E-state index contributed by atoms with van der Waals surface area (Å²) in [4.78, 5) is 3.90. The molecule has 0 saturated heterocycles. The van der Waals surface area contributed by atoms with E-state index in [-0.39, 0.29) is 0 Å². The summed E-state index contributed by atoms with van der Waals surface area (Å²) >= 11 is 0. The van der Waals surface area contributed by atoms with Gasteiger partial charge in [0, 0.05) is 12.6 Å². The van der Waals surface area contributed by atoms with E-state index in [9.17, 15) is 0 Å². The molecule has 1 aliphatic rings. The quantitative estimate of drug-likeness (QED) is 0.536. The maximum Gasteiger partial charge on any atom is 0.220 e. The van der Waals surface area contributed by atoms with Gasteiger partial charge < -0.3 is 4.74 Å². The molecular formula is C8H9NO. The maximum absolute atomic E-state index is 5.02. The van der Waals surface area contributed by atoms with Crippen LogP contribution in [0.1, 0.15) is 0 Å². The van der Waals surface area contributed by atoms with E-state index in [4.69, 9.17) is 4.74 Å². The minimum Gasteiger partial charge on any atom is -0.446 e. The van der Waals surface area contributed by atoms with Gasteiger partial charge in [0.1, 0.15) is 0 Å². The predicted molar refractivity (Wildman–Crippen MR) is 41.9 cm³/mol. The van der Waals surface area contributed by atoms with Crippen molar-refractivity contribution in [3.8, 4) is 0 Å². The SMILES string of the molecule is C=CC=C1C=COC1=NC. The van der Waals surface area contributed by atoms with Gasteiger partial charge in [-0.25, -0.2) is 0 Å². The van der Waals surface area contributed by atoms with Crippen LogP contribution in [0, 0.1) is 0 Å². The smallest absolute Gasteiger partial charge is 0.220 e. The number of allylic oxidation sites excluding steroid dienone is 2. The highest BCUT2D eigenvalue weighted by Crippen LogP contribution is 2.10. The van der Waals surface area contributed by atoms with Crippen LogP contribution in [0.25, 0.3) is 0 Å². The zero-order valence-electron chi connectivity index (χ0n) is 5.87. The van der Waals surface area contributed by atoms with E-state index in [0.29, 0.717) is 5.90 Å². The molecule has 1 heterocycles. The highest BCUT2D eigenvalue weighted by molar-refractivity contribution is 5.98. The number of rotatable bonds is 1. The molecule has 0 aromatic carbocycles. The van der Waals surface area contributed by atoms with Crippen LogP contribution in [0.5, 0.6) is 0 Å². The van der Waals surface area contributed by atoms with Crippen LogP contribution < -0.4 is 0 Å². The second-order valence-corrected chi connectivity index (χ2v) is 1.81. The molecule has 0 saturated carbocycles. The van der Waals surface area contributed by atoms with Gasteiger partial charge in [0.15, 0.2) is 0 Å². The molecule has 0 atom stereocenters. The first-order valence-corrected chi connectivity index (χ1v) is 3.01. The lowest BCUT2D eigenvalue weighted by Gasteiger charge is -1.93. The van der Waals surface area contributed by atoms with Gasteiger partial charge in [-0.15, -0.1) is 0 Å². The molecule has 0 radical (unpaired) electrons. The number of nitrogens with zero attached hydrogens (tertiary/aromatic N) is 1. The average Bonchev–Trinajstić information content (AvgIpc) is 2.36. The zero-order chi connectivity index (χ0) is 7.40. The lowest BCUT2D eigenvalue weighted by molar-refractivity contribution is 0.486. The van der Waals surface area contributed by atoms with E-state index in [0.717, 1.165) is 5.57 Å². The average molecular weight is 135 g/mol. The first-order valence-electron chi connectivity index (χ1n) is 3.01.